The van der Waals surface area contributed by atoms with Crippen molar-refractivity contribution in [2.45, 2.75) is 61.8 Å². The lowest BCUT2D eigenvalue weighted by molar-refractivity contribution is -0.150. The Morgan fingerprint density at radius 1 is 0.938 bits per heavy atom. The molecule has 1 rings (SSSR count). The summed E-state index contributed by atoms with van der Waals surface area (Å²) in [4.78, 5) is 0. The highest BCUT2D eigenvalue weighted by Gasteiger charge is 2.56. The third kappa shape index (κ3) is 2.05. The van der Waals surface area contributed by atoms with E-state index >= 15 is 0 Å². The summed E-state index contributed by atoms with van der Waals surface area (Å²) in [5.41, 5.74) is 0.583. The minimum Gasteiger partial charge on any atom is -0.0628 e. The molecule has 1 aliphatic carbocycles. The molecule has 0 heterocycles. The summed E-state index contributed by atoms with van der Waals surface area (Å²) in [6, 6.07) is 0. The molecule has 0 spiro atoms. The summed E-state index contributed by atoms with van der Waals surface area (Å²) >= 11 is 0. The molecule has 96 valence electrons. The number of rotatable bonds is 4. The van der Waals surface area contributed by atoms with Crippen molar-refractivity contribution in [1.82, 2.24) is 0 Å². The van der Waals surface area contributed by atoms with Crippen LogP contribution in [0.25, 0.3) is 0 Å². The van der Waals surface area contributed by atoms with E-state index in [-0.39, 0.29) is 0 Å². The van der Waals surface area contributed by atoms with Gasteiger partial charge in [-0.15, -0.1) is 0 Å². The Morgan fingerprint density at radius 2 is 1.38 bits per heavy atom. The van der Waals surface area contributed by atoms with Gasteiger partial charge in [-0.1, -0.05) is 55.4 Å². The van der Waals surface area contributed by atoms with Crippen molar-refractivity contribution in [2.75, 3.05) is 0 Å². The smallest absolute Gasteiger partial charge is 0.0243 e. The fourth-order valence-electron chi connectivity index (χ4n) is 4.57. The fourth-order valence-corrected chi connectivity index (χ4v) is 4.57. The molecular weight excluding hydrogens is 192 g/mol. The van der Waals surface area contributed by atoms with Gasteiger partial charge >= 0.3 is 0 Å². The lowest BCUT2D eigenvalue weighted by Crippen LogP contribution is -2.57. The van der Waals surface area contributed by atoms with E-state index < -0.39 is 0 Å². The van der Waals surface area contributed by atoms with Crippen LogP contribution in [0.5, 0.6) is 0 Å². The molecule has 3 unspecified atom stereocenters. The summed E-state index contributed by atoms with van der Waals surface area (Å²) in [5.74, 6) is 5.30. The first-order valence-electron chi connectivity index (χ1n) is 7.22. The molecule has 0 aromatic carbocycles. The standard InChI is InChI=1S/C16H32/c1-10(2)9-12(5)16(8)13(6)15(11(3)4)14(16)7/h10-15H,9H2,1-8H3. The van der Waals surface area contributed by atoms with Crippen molar-refractivity contribution >= 4 is 0 Å². The lowest BCUT2D eigenvalue weighted by atomic mass is 9.42. The zero-order valence-corrected chi connectivity index (χ0v) is 12.7. The molecule has 0 amide bonds. The van der Waals surface area contributed by atoms with Gasteiger partial charge in [0.05, 0.1) is 0 Å². The van der Waals surface area contributed by atoms with Crippen LogP contribution >= 0.6 is 0 Å². The van der Waals surface area contributed by atoms with Gasteiger partial charge in [0.25, 0.3) is 0 Å². The Balaban J connectivity index is 2.73. The van der Waals surface area contributed by atoms with Gasteiger partial charge in [-0.2, -0.15) is 0 Å². The molecule has 3 atom stereocenters. The molecule has 1 saturated carbocycles. The van der Waals surface area contributed by atoms with Crippen LogP contribution in [0.4, 0.5) is 0 Å². The Kier molecular flexibility index (Phi) is 4.13. The molecular formula is C16H32. The monoisotopic (exact) mass is 224 g/mol. The highest BCUT2D eigenvalue weighted by Crippen LogP contribution is 2.62. The zero-order valence-electron chi connectivity index (χ0n) is 12.7. The molecule has 0 aliphatic heterocycles. The molecule has 1 aliphatic rings. The van der Waals surface area contributed by atoms with E-state index in [0.717, 1.165) is 35.5 Å². The fraction of sp³-hybridized carbons (Fsp3) is 1.00. The van der Waals surface area contributed by atoms with Crippen molar-refractivity contribution in [2.24, 2.45) is 40.9 Å². The molecule has 0 aromatic heterocycles. The maximum atomic E-state index is 2.54. The molecule has 0 heteroatoms. The third-order valence-corrected chi connectivity index (χ3v) is 5.77. The van der Waals surface area contributed by atoms with Crippen LogP contribution in [0.15, 0.2) is 0 Å². The Morgan fingerprint density at radius 3 is 1.69 bits per heavy atom. The second-order valence-corrected chi connectivity index (χ2v) is 7.30. The van der Waals surface area contributed by atoms with Crippen LogP contribution < -0.4 is 0 Å². The summed E-state index contributed by atoms with van der Waals surface area (Å²) in [6.07, 6.45) is 1.38. The average molecular weight is 224 g/mol. The first kappa shape index (κ1) is 14.1. The Labute approximate surface area is 103 Å². The quantitative estimate of drug-likeness (QED) is 0.613. The molecule has 0 N–H and O–H groups in total. The van der Waals surface area contributed by atoms with Crippen molar-refractivity contribution < 1.29 is 0 Å². The van der Waals surface area contributed by atoms with E-state index in [1.165, 1.54) is 6.42 Å². The van der Waals surface area contributed by atoms with Crippen LogP contribution in [-0.2, 0) is 0 Å². The number of hydrogen-bond donors (Lipinski definition) is 0. The van der Waals surface area contributed by atoms with Gasteiger partial charge in [0.1, 0.15) is 0 Å². The molecule has 1 fully saturated rings. The van der Waals surface area contributed by atoms with Gasteiger partial charge in [0, 0.05) is 0 Å². The molecule has 0 saturated heterocycles. The Bertz CT molecular complexity index is 208. The summed E-state index contributed by atoms with van der Waals surface area (Å²) in [6.45, 7) is 19.5. The third-order valence-electron chi connectivity index (χ3n) is 5.77. The van der Waals surface area contributed by atoms with Gasteiger partial charge in [-0.05, 0) is 47.3 Å². The van der Waals surface area contributed by atoms with Gasteiger partial charge in [-0.3, -0.25) is 0 Å². The largest absolute Gasteiger partial charge is 0.0628 e. The minimum atomic E-state index is 0.583. The maximum absolute atomic E-state index is 2.54. The molecule has 16 heavy (non-hydrogen) atoms. The van der Waals surface area contributed by atoms with Gasteiger partial charge in [0.2, 0.25) is 0 Å². The average Bonchev–Trinajstić information content (AvgIpc) is 2.15. The molecule has 0 nitrogen and oxygen atoms in total. The second kappa shape index (κ2) is 4.70. The topological polar surface area (TPSA) is 0 Å². The van der Waals surface area contributed by atoms with Crippen LogP contribution in [0.2, 0.25) is 0 Å². The van der Waals surface area contributed by atoms with Crippen LogP contribution in [-0.4, -0.2) is 0 Å². The van der Waals surface area contributed by atoms with E-state index in [0.29, 0.717) is 5.41 Å². The SMILES string of the molecule is CC(C)CC(C)C1(C)C(C)C(C(C)C)C1C. The first-order chi connectivity index (χ1) is 7.22. The van der Waals surface area contributed by atoms with Crippen molar-refractivity contribution in [3.8, 4) is 0 Å². The van der Waals surface area contributed by atoms with E-state index in [1.54, 1.807) is 0 Å². The van der Waals surface area contributed by atoms with Crippen LogP contribution in [0, 0.1) is 40.9 Å². The van der Waals surface area contributed by atoms with Crippen LogP contribution in [0.1, 0.15) is 61.8 Å². The molecule has 0 radical (unpaired) electrons. The van der Waals surface area contributed by atoms with E-state index in [1.807, 2.05) is 0 Å². The summed E-state index contributed by atoms with van der Waals surface area (Å²) < 4.78 is 0. The van der Waals surface area contributed by atoms with Crippen molar-refractivity contribution in [3.05, 3.63) is 0 Å². The van der Waals surface area contributed by atoms with Gasteiger partial charge in [-0.25, -0.2) is 0 Å². The van der Waals surface area contributed by atoms with E-state index in [4.69, 9.17) is 0 Å². The van der Waals surface area contributed by atoms with Crippen LogP contribution in [0.3, 0.4) is 0 Å². The Hall–Kier alpha value is 0. The zero-order chi connectivity index (χ0) is 12.7. The predicted molar refractivity (Wildman–Crippen MR) is 73.4 cm³/mol. The maximum Gasteiger partial charge on any atom is -0.0243 e. The van der Waals surface area contributed by atoms with Gasteiger partial charge in [0.15, 0.2) is 0 Å². The second-order valence-electron chi connectivity index (χ2n) is 7.30. The highest BCUT2D eigenvalue weighted by molar-refractivity contribution is 5.04. The molecule has 0 bridgehead atoms. The number of hydrogen-bond acceptors (Lipinski definition) is 0. The van der Waals surface area contributed by atoms with E-state index in [2.05, 4.69) is 55.4 Å². The predicted octanol–water partition coefficient (Wildman–Crippen LogP) is 5.23. The normalized spacial score (nSPS) is 41.2. The van der Waals surface area contributed by atoms with E-state index in [9.17, 15) is 0 Å². The minimum absolute atomic E-state index is 0.583. The summed E-state index contributed by atoms with van der Waals surface area (Å²) in [5, 5.41) is 0. The van der Waals surface area contributed by atoms with Gasteiger partial charge < -0.3 is 0 Å². The summed E-state index contributed by atoms with van der Waals surface area (Å²) in [7, 11) is 0. The molecule has 0 aromatic rings. The first-order valence-corrected chi connectivity index (χ1v) is 7.22. The van der Waals surface area contributed by atoms with Crippen molar-refractivity contribution in [3.63, 3.8) is 0 Å². The van der Waals surface area contributed by atoms with Crippen molar-refractivity contribution in [1.29, 1.82) is 0 Å². The lowest BCUT2D eigenvalue weighted by Gasteiger charge is -2.63. The highest BCUT2D eigenvalue weighted by atomic mass is 14.6.